The maximum absolute atomic E-state index is 13.9. The van der Waals surface area contributed by atoms with Crippen LogP contribution in [0.15, 0.2) is 90.1 Å². The minimum atomic E-state index is -4.57. The van der Waals surface area contributed by atoms with Gasteiger partial charge in [-0.1, -0.05) is 38.1 Å². The molecule has 0 radical (unpaired) electrons. The number of sulfonamides is 1. The average molecular weight is 851 g/mol. The Balaban J connectivity index is 0.993. The number of benzene rings is 3. The smallest absolute Gasteiger partial charge is 0.293 e. The number of ether oxygens (including phenoxy) is 2. The largest absolute Gasteiger partial charge is 0.455 e. The number of amides is 2. The molecule has 17 heteroatoms. The number of aromatic amines is 1. The summed E-state index contributed by atoms with van der Waals surface area (Å²) in [6.07, 6.45) is 5.69. The van der Waals surface area contributed by atoms with Gasteiger partial charge in [-0.05, 0) is 72.7 Å². The lowest BCUT2D eigenvalue weighted by molar-refractivity contribution is -0.384. The number of H-pyrrole nitrogens is 1. The molecule has 2 amide bonds. The third-order valence-corrected chi connectivity index (χ3v) is 13.1. The fraction of sp³-hybridized carbons (Fsp3) is 0.386. The van der Waals surface area contributed by atoms with Gasteiger partial charge in [0.1, 0.15) is 22.8 Å². The van der Waals surface area contributed by atoms with E-state index in [1.807, 2.05) is 30.9 Å². The molecule has 2 saturated heterocycles. The molecular weight excluding hydrogens is 801 g/mol. The van der Waals surface area contributed by atoms with E-state index < -0.39 is 31.4 Å². The van der Waals surface area contributed by atoms with Gasteiger partial charge in [-0.2, -0.15) is 0 Å². The summed E-state index contributed by atoms with van der Waals surface area (Å²) in [6, 6.07) is 20.5. The SMILES string of the molecule is CC(C)C(=O)N1Cc2ccccc2C[C@@H]1CN1CCN(c2ccc(C(=O)NS(=O)(=O)c3ccc(NCC4CCOCC4)c([N+](=O)[O-])c3)c(Oc3cnc4[nH]ccc4c3)c2)CC1. The van der Waals surface area contributed by atoms with Crippen LogP contribution in [0.4, 0.5) is 17.1 Å². The molecule has 61 heavy (non-hydrogen) atoms. The molecule has 3 N–H and O–H groups in total. The molecule has 0 saturated carbocycles. The lowest BCUT2D eigenvalue weighted by Crippen LogP contribution is -2.55. The highest BCUT2D eigenvalue weighted by Crippen LogP contribution is 2.34. The van der Waals surface area contributed by atoms with Crippen molar-refractivity contribution in [3.63, 3.8) is 0 Å². The summed E-state index contributed by atoms with van der Waals surface area (Å²) in [5, 5.41) is 15.9. The van der Waals surface area contributed by atoms with Crippen LogP contribution < -0.4 is 19.7 Å². The van der Waals surface area contributed by atoms with Crippen molar-refractivity contribution in [1.29, 1.82) is 0 Å². The van der Waals surface area contributed by atoms with E-state index in [-0.39, 0.29) is 40.8 Å². The molecular formula is C44H50N8O8S. The fourth-order valence-corrected chi connectivity index (χ4v) is 9.31. The number of rotatable bonds is 13. The third kappa shape index (κ3) is 9.48. The first-order valence-electron chi connectivity index (χ1n) is 20.7. The monoisotopic (exact) mass is 850 g/mol. The van der Waals surface area contributed by atoms with E-state index in [9.17, 15) is 28.1 Å². The Kier molecular flexibility index (Phi) is 12.2. The molecule has 5 heterocycles. The van der Waals surface area contributed by atoms with Gasteiger partial charge < -0.3 is 29.6 Å². The molecule has 320 valence electrons. The van der Waals surface area contributed by atoms with Crippen LogP contribution in [-0.2, 0) is 32.5 Å². The van der Waals surface area contributed by atoms with Crippen LogP contribution in [0, 0.1) is 22.0 Å². The molecule has 0 unspecified atom stereocenters. The van der Waals surface area contributed by atoms with Crippen LogP contribution in [0.3, 0.4) is 0 Å². The highest BCUT2D eigenvalue weighted by atomic mass is 32.2. The van der Waals surface area contributed by atoms with Crippen molar-refractivity contribution in [3.05, 3.63) is 112 Å². The van der Waals surface area contributed by atoms with Gasteiger partial charge in [0, 0.05) is 100 Å². The van der Waals surface area contributed by atoms with Crippen LogP contribution in [0.25, 0.3) is 11.0 Å². The Hall–Kier alpha value is -6.04. The lowest BCUT2D eigenvalue weighted by Gasteiger charge is -2.43. The Morgan fingerprint density at radius 1 is 1.00 bits per heavy atom. The Labute approximate surface area is 354 Å². The van der Waals surface area contributed by atoms with E-state index in [1.165, 1.54) is 35.5 Å². The second-order valence-corrected chi connectivity index (χ2v) is 17.9. The molecule has 2 aromatic heterocycles. The van der Waals surface area contributed by atoms with Gasteiger partial charge in [-0.15, -0.1) is 0 Å². The molecule has 16 nitrogen and oxygen atoms in total. The Bertz CT molecular complexity index is 2530. The van der Waals surface area contributed by atoms with E-state index in [0.717, 1.165) is 56.0 Å². The first-order valence-corrected chi connectivity index (χ1v) is 22.2. The maximum atomic E-state index is 13.9. The second kappa shape index (κ2) is 17.9. The first-order chi connectivity index (χ1) is 29.4. The number of carbonyl (C=O) groups excluding carboxylic acids is 2. The molecule has 3 aromatic carbocycles. The van der Waals surface area contributed by atoms with Crippen LogP contribution in [-0.4, -0.2) is 103 Å². The quantitative estimate of drug-likeness (QED) is 0.0933. The summed E-state index contributed by atoms with van der Waals surface area (Å²) in [6.45, 7) is 9.76. The number of aromatic nitrogens is 2. The second-order valence-electron chi connectivity index (χ2n) is 16.2. The summed E-state index contributed by atoms with van der Waals surface area (Å²) in [4.78, 5) is 52.3. The van der Waals surface area contributed by atoms with Crippen molar-refractivity contribution < 1.29 is 32.4 Å². The van der Waals surface area contributed by atoms with Crippen molar-refractivity contribution in [2.75, 3.05) is 62.7 Å². The summed E-state index contributed by atoms with van der Waals surface area (Å²) >= 11 is 0. The zero-order chi connectivity index (χ0) is 42.7. The normalized spacial score (nSPS) is 17.6. The number of hydrogen-bond donors (Lipinski definition) is 3. The zero-order valence-corrected chi connectivity index (χ0v) is 35.0. The van der Waals surface area contributed by atoms with Crippen LogP contribution in [0.5, 0.6) is 11.5 Å². The van der Waals surface area contributed by atoms with Crippen molar-refractivity contribution in [1.82, 2.24) is 24.5 Å². The number of nitrogens with zero attached hydrogens (tertiary/aromatic N) is 5. The fourth-order valence-electron chi connectivity index (χ4n) is 8.33. The number of carbonyl (C=O) groups is 2. The molecule has 0 bridgehead atoms. The molecule has 5 aromatic rings. The van der Waals surface area contributed by atoms with Gasteiger partial charge in [0.2, 0.25) is 5.91 Å². The Morgan fingerprint density at radius 3 is 2.52 bits per heavy atom. The van der Waals surface area contributed by atoms with Crippen molar-refractivity contribution in [3.8, 4) is 11.5 Å². The molecule has 0 aliphatic carbocycles. The minimum Gasteiger partial charge on any atom is -0.455 e. The van der Waals surface area contributed by atoms with Crippen LogP contribution in [0.1, 0.15) is 48.2 Å². The lowest BCUT2D eigenvalue weighted by atomic mass is 9.92. The number of anilines is 2. The van der Waals surface area contributed by atoms with E-state index in [0.29, 0.717) is 50.8 Å². The van der Waals surface area contributed by atoms with Gasteiger partial charge in [-0.25, -0.2) is 18.1 Å². The molecule has 3 aliphatic rings. The van der Waals surface area contributed by atoms with Crippen molar-refractivity contribution in [2.45, 2.75) is 50.6 Å². The third-order valence-electron chi connectivity index (χ3n) is 11.8. The van der Waals surface area contributed by atoms with Crippen molar-refractivity contribution in [2.24, 2.45) is 11.8 Å². The van der Waals surface area contributed by atoms with E-state index in [1.54, 1.807) is 24.4 Å². The zero-order valence-electron chi connectivity index (χ0n) is 34.2. The predicted molar refractivity (Wildman–Crippen MR) is 230 cm³/mol. The molecule has 2 fully saturated rings. The summed E-state index contributed by atoms with van der Waals surface area (Å²) in [5.74, 6) is -0.215. The van der Waals surface area contributed by atoms with E-state index in [2.05, 4.69) is 48.0 Å². The molecule has 8 rings (SSSR count). The van der Waals surface area contributed by atoms with Gasteiger partial charge in [0.05, 0.1) is 21.6 Å². The molecule has 1 atom stereocenters. The molecule has 0 spiro atoms. The van der Waals surface area contributed by atoms with Crippen LogP contribution in [0.2, 0.25) is 0 Å². The van der Waals surface area contributed by atoms with Gasteiger partial charge in [0.25, 0.3) is 21.6 Å². The predicted octanol–water partition coefficient (Wildman–Crippen LogP) is 5.95. The van der Waals surface area contributed by atoms with Gasteiger partial charge >= 0.3 is 0 Å². The highest BCUT2D eigenvalue weighted by Gasteiger charge is 2.33. The number of hydrogen-bond acceptors (Lipinski definition) is 12. The van der Waals surface area contributed by atoms with Crippen LogP contribution >= 0.6 is 0 Å². The maximum Gasteiger partial charge on any atom is 0.293 e. The average Bonchev–Trinajstić information content (AvgIpc) is 3.73. The number of piperazine rings is 1. The number of pyridine rings is 1. The number of fused-ring (bicyclic) bond motifs is 2. The van der Waals surface area contributed by atoms with E-state index in [4.69, 9.17) is 9.47 Å². The van der Waals surface area contributed by atoms with E-state index >= 15 is 0 Å². The Morgan fingerprint density at radius 2 is 1.77 bits per heavy atom. The molecule has 3 aliphatic heterocycles. The summed E-state index contributed by atoms with van der Waals surface area (Å²) in [5.41, 5.74) is 3.60. The number of nitrogens with one attached hydrogen (secondary N) is 3. The topological polar surface area (TPSA) is 192 Å². The highest BCUT2D eigenvalue weighted by molar-refractivity contribution is 7.90. The number of nitro groups is 1. The first kappa shape index (κ1) is 41.7. The summed E-state index contributed by atoms with van der Waals surface area (Å²) < 4.78 is 41.1. The minimum absolute atomic E-state index is 0.0549. The number of nitro benzene ring substituents is 1. The van der Waals surface area contributed by atoms with Crippen molar-refractivity contribution >= 4 is 49.9 Å². The standard InChI is InChI=1S/C44H50N8O8S/c1-29(2)44(54)51-27-33-6-4-3-5-31(33)21-35(51)28-49-15-17-50(18-16-49)34-7-9-38(41(23-34)60-36-22-32-11-14-45-42(32)47-26-36)43(53)48-61(57,58)37-8-10-39(40(24-37)52(55)56)46-25-30-12-19-59-20-13-30/h3-11,14,22-24,26,29-30,35,46H,12-13,15-21,25,27-28H2,1-2H3,(H,45,47)(H,48,53)/t35-/m1/s1. The van der Waals surface area contributed by atoms with Gasteiger partial charge in [-0.3, -0.25) is 24.6 Å². The summed E-state index contributed by atoms with van der Waals surface area (Å²) in [7, 11) is -4.57. The van der Waals surface area contributed by atoms with Gasteiger partial charge in [0.15, 0.2) is 0 Å².